The molecule has 0 radical (unpaired) electrons. The number of anilines is 2. The summed E-state index contributed by atoms with van der Waals surface area (Å²) in [6, 6.07) is 14.3. The Kier molecular flexibility index (Phi) is 7.07. The zero-order valence-corrected chi connectivity index (χ0v) is 18.7. The summed E-state index contributed by atoms with van der Waals surface area (Å²) in [7, 11) is 1.73. The van der Waals surface area contributed by atoms with Crippen LogP contribution in [0.2, 0.25) is 0 Å². The molecule has 1 aliphatic heterocycles. The summed E-state index contributed by atoms with van der Waals surface area (Å²) in [5.41, 5.74) is 1.17. The smallest absolute Gasteiger partial charge is 0.228 e. The van der Waals surface area contributed by atoms with Crippen molar-refractivity contribution in [3.05, 3.63) is 48.7 Å². The van der Waals surface area contributed by atoms with E-state index in [0.717, 1.165) is 51.2 Å². The van der Waals surface area contributed by atoms with E-state index >= 15 is 0 Å². The molecule has 166 valence electrons. The number of benzene rings is 1. The highest BCUT2D eigenvalue weighted by Crippen LogP contribution is 2.36. The van der Waals surface area contributed by atoms with Gasteiger partial charge < -0.3 is 15.0 Å². The Labute approximate surface area is 185 Å². The molecular formula is C25H34N4O2. The van der Waals surface area contributed by atoms with E-state index in [0.29, 0.717) is 17.8 Å². The molecule has 3 atom stereocenters. The molecule has 2 heterocycles. The van der Waals surface area contributed by atoms with Gasteiger partial charge in [-0.05, 0) is 49.9 Å². The third-order valence-electron chi connectivity index (χ3n) is 7.01. The molecule has 6 nitrogen and oxygen atoms in total. The van der Waals surface area contributed by atoms with Crippen LogP contribution in [0.25, 0.3) is 0 Å². The van der Waals surface area contributed by atoms with Crippen LogP contribution < -0.4 is 15.0 Å². The summed E-state index contributed by atoms with van der Waals surface area (Å²) >= 11 is 0. The lowest BCUT2D eigenvalue weighted by molar-refractivity contribution is -0.123. The number of rotatable bonds is 6. The largest absolute Gasteiger partial charge is 0.495 e. The SMILES string of the molecule is COc1ccccc1N1CCN(C(C)C2CCCCC2C(=O)Nc2ccccn2)CC1. The number of nitrogens with one attached hydrogen (secondary N) is 1. The number of carbonyl (C=O) groups is 1. The van der Waals surface area contributed by atoms with Crippen molar-refractivity contribution < 1.29 is 9.53 Å². The molecule has 1 aliphatic carbocycles. The van der Waals surface area contributed by atoms with Crippen molar-refractivity contribution >= 4 is 17.4 Å². The molecule has 2 aromatic rings. The Balaban J connectivity index is 1.38. The Bertz CT molecular complexity index is 852. The predicted molar refractivity (Wildman–Crippen MR) is 125 cm³/mol. The third-order valence-corrected chi connectivity index (χ3v) is 7.01. The summed E-state index contributed by atoms with van der Waals surface area (Å²) in [4.78, 5) is 22.3. The van der Waals surface area contributed by atoms with Crippen LogP contribution in [0.3, 0.4) is 0 Å². The zero-order valence-electron chi connectivity index (χ0n) is 18.7. The molecule has 1 aromatic heterocycles. The van der Waals surface area contributed by atoms with Crippen LogP contribution in [0.4, 0.5) is 11.5 Å². The normalized spacial score (nSPS) is 23.2. The van der Waals surface area contributed by atoms with Crippen molar-refractivity contribution in [3.8, 4) is 5.75 Å². The average Bonchev–Trinajstić information content (AvgIpc) is 2.84. The molecule has 2 aliphatic rings. The number of methoxy groups -OCH3 is 1. The van der Waals surface area contributed by atoms with E-state index in [-0.39, 0.29) is 11.8 Å². The first-order valence-corrected chi connectivity index (χ1v) is 11.5. The van der Waals surface area contributed by atoms with Gasteiger partial charge in [-0.25, -0.2) is 4.98 Å². The monoisotopic (exact) mass is 422 g/mol. The van der Waals surface area contributed by atoms with E-state index in [1.807, 2.05) is 30.3 Å². The lowest BCUT2D eigenvalue weighted by atomic mass is 9.74. The number of piperazine rings is 1. The average molecular weight is 423 g/mol. The van der Waals surface area contributed by atoms with Crippen molar-refractivity contribution in [2.75, 3.05) is 43.5 Å². The highest BCUT2D eigenvalue weighted by molar-refractivity contribution is 5.91. The fourth-order valence-corrected chi connectivity index (χ4v) is 5.25. The molecule has 6 heteroatoms. The van der Waals surface area contributed by atoms with Crippen molar-refractivity contribution in [1.82, 2.24) is 9.88 Å². The molecule has 3 unspecified atom stereocenters. The summed E-state index contributed by atoms with van der Waals surface area (Å²) in [5.74, 6) is 2.15. The van der Waals surface area contributed by atoms with E-state index in [2.05, 4.69) is 39.2 Å². The van der Waals surface area contributed by atoms with Gasteiger partial charge in [0.05, 0.1) is 12.8 Å². The van der Waals surface area contributed by atoms with E-state index in [1.54, 1.807) is 13.3 Å². The molecule has 1 saturated carbocycles. The summed E-state index contributed by atoms with van der Waals surface area (Å²) in [5, 5.41) is 3.05. The second-order valence-electron chi connectivity index (χ2n) is 8.69. The van der Waals surface area contributed by atoms with Gasteiger partial charge in [-0.1, -0.05) is 31.0 Å². The third kappa shape index (κ3) is 5.01. The maximum absolute atomic E-state index is 13.1. The maximum atomic E-state index is 13.1. The molecule has 1 amide bonds. The molecule has 1 aromatic carbocycles. The van der Waals surface area contributed by atoms with Crippen molar-refractivity contribution in [1.29, 1.82) is 0 Å². The molecule has 4 rings (SSSR count). The molecule has 1 saturated heterocycles. The highest BCUT2D eigenvalue weighted by atomic mass is 16.5. The van der Waals surface area contributed by atoms with Crippen LogP contribution in [-0.2, 0) is 4.79 Å². The summed E-state index contributed by atoms with van der Waals surface area (Å²) < 4.78 is 5.55. The number of amides is 1. The first-order chi connectivity index (χ1) is 15.2. The number of hydrogen-bond donors (Lipinski definition) is 1. The number of hydrogen-bond acceptors (Lipinski definition) is 5. The van der Waals surface area contributed by atoms with Gasteiger partial charge in [0.25, 0.3) is 0 Å². The number of aromatic nitrogens is 1. The quantitative estimate of drug-likeness (QED) is 0.761. The zero-order chi connectivity index (χ0) is 21.6. The molecule has 0 bridgehead atoms. The molecule has 2 fully saturated rings. The molecular weight excluding hydrogens is 388 g/mol. The maximum Gasteiger partial charge on any atom is 0.228 e. The number of carbonyl (C=O) groups excluding carboxylic acids is 1. The minimum absolute atomic E-state index is 0.0537. The van der Waals surface area contributed by atoms with Gasteiger partial charge in [0.15, 0.2) is 0 Å². The molecule has 0 spiro atoms. The fourth-order valence-electron chi connectivity index (χ4n) is 5.25. The van der Waals surface area contributed by atoms with Crippen LogP contribution in [-0.4, -0.2) is 55.1 Å². The number of nitrogens with zero attached hydrogens (tertiary/aromatic N) is 3. The van der Waals surface area contributed by atoms with Crippen LogP contribution in [0.15, 0.2) is 48.7 Å². The van der Waals surface area contributed by atoms with Gasteiger partial charge >= 0.3 is 0 Å². The Morgan fingerprint density at radius 2 is 1.81 bits per heavy atom. The summed E-state index contributed by atoms with van der Waals surface area (Å²) in [6.07, 6.45) is 6.15. The molecule has 31 heavy (non-hydrogen) atoms. The Morgan fingerprint density at radius 3 is 2.55 bits per heavy atom. The predicted octanol–water partition coefficient (Wildman–Crippen LogP) is 4.05. The van der Waals surface area contributed by atoms with E-state index in [9.17, 15) is 4.79 Å². The lowest BCUT2D eigenvalue weighted by Crippen LogP contribution is -2.53. The number of para-hydroxylation sites is 2. The first-order valence-electron chi connectivity index (χ1n) is 11.5. The second-order valence-corrected chi connectivity index (χ2v) is 8.69. The van der Waals surface area contributed by atoms with Gasteiger partial charge in [-0.2, -0.15) is 0 Å². The topological polar surface area (TPSA) is 57.7 Å². The number of pyridine rings is 1. The minimum Gasteiger partial charge on any atom is -0.495 e. The lowest BCUT2D eigenvalue weighted by Gasteiger charge is -2.44. The van der Waals surface area contributed by atoms with Gasteiger partial charge in [-0.15, -0.1) is 0 Å². The molecule has 1 N–H and O–H groups in total. The Morgan fingerprint density at radius 1 is 1.06 bits per heavy atom. The van der Waals surface area contributed by atoms with Crippen molar-refractivity contribution in [2.24, 2.45) is 11.8 Å². The standard InChI is InChI=1S/C25H34N4O2/c1-19(28-15-17-29(18-16-28)22-11-5-6-12-23(22)31-2)20-9-3-4-10-21(20)25(30)27-24-13-7-8-14-26-24/h5-8,11-14,19-21H,3-4,9-10,15-18H2,1-2H3,(H,26,27,30). The van der Waals surface area contributed by atoms with Crippen molar-refractivity contribution in [2.45, 2.75) is 38.6 Å². The minimum atomic E-state index is 0.0537. The van der Waals surface area contributed by atoms with E-state index < -0.39 is 0 Å². The van der Waals surface area contributed by atoms with Gasteiger partial charge in [0.2, 0.25) is 5.91 Å². The van der Waals surface area contributed by atoms with Crippen LogP contribution in [0, 0.1) is 11.8 Å². The fraction of sp³-hybridized carbons (Fsp3) is 0.520. The summed E-state index contributed by atoms with van der Waals surface area (Å²) in [6.45, 7) is 6.27. The van der Waals surface area contributed by atoms with Gasteiger partial charge in [0, 0.05) is 44.3 Å². The van der Waals surface area contributed by atoms with Crippen LogP contribution in [0.1, 0.15) is 32.6 Å². The second kappa shape index (κ2) is 10.1. The van der Waals surface area contributed by atoms with E-state index in [4.69, 9.17) is 4.74 Å². The van der Waals surface area contributed by atoms with E-state index in [1.165, 1.54) is 12.1 Å². The van der Waals surface area contributed by atoms with Gasteiger partial charge in [0.1, 0.15) is 11.6 Å². The van der Waals surface area contributed by atoms with Crippen LogP contribution in [0.5, 0.6) is 5.75 Å². The van der Waals surface area contributed by atoms with Gasteiger partial charge in [-0.3, -0.25) is 9.69 Å². The Hall–Kier alpha value is -2.60. The number of ether oxygens (including phenoxy) is 1. The van der Waals surface area contributed by atoms with Crippen LogP contribution >= 0.6 is 0 Å². The first kappa shape index (κ1) is 21.6. The highest BCUT2D eigenvalue weighted by Gasteiger charge is 2.37. The van der Waals surface area contributed by atoms with Crippen molar-refractivity contribution in [3.63, 3.8) is 0 Å².